The second-order valence-corrected chi connectivity index (χ2v) is 9.01. The lowest BCUT2D eigenvalue weighted by Gasteiger charge is -2.17. The van der Waals surface area contributed by atoms with Gasteiger partial charge in [-0.3, -0.25) is 19.2 Å². The van der Waals surface area contributed by atoms with Gasteiger partial charge in [-0.2, -0.15) is 0 Å². The molecule has 0 unspecified atom stereocenters. The van der Waals surface area contributed by atoms with Crippen LogP contribution in [0.5, 0.6) is 0 Å². The number of aliphatic hydroxyl groups is 1. The number of anilines is 2. The third-order valence-corrected chi connectivity index (χ3v) is 6.37. The normalized spacial score (nSPS) is 13.5. The lowest BCUT2D eigenvalue weighted by molar-refractivity contribution is -0.122. The number of nitrogens with one attached hydrogen (secondary N) is 1. The predicted octanol–water partition coefficient (Wildman–Crippen LogP) is 3.65. The van der Waals surface area contributed by atoms with E-state index in [1.165, 1.54) is 27.1 Å². The van der Waals surface area contributed by atoms with Crippen molar-refractivity contribution < 1.29 is 33.9 Å². The van der Waals surface area contributed by atoms with E-state index in [0.717, 1.165) is 9.96 Å². The average molecular weight is 544 g/mol. The highest BCUT2D eigenvalue weighted by atomic mass is 16.7. The molecule has 10 nitrogen and oxygen atoms in total. The molecule has 1 aliphatic rings. The van der Waals surface area contributed by atoms with Gasteiger partial charge < -0.3 is 15.2 Å². The van der Waals surface area contributed by atoms with Gasteiger partial charge in [0.2, 0.25) is 5.91 Å². The van der Waals surface area contributed by atoms with Crippen molar-refractivity contribution in [3.8, 4) is 0 Å². The molecule has 3 aromatic carbocycles. The molecule has 40 heavy (non-hydrogen) atoms. The van der Waals surface area contributed by atoms with Crippen LogP contribution in [0.4, 0.5) is 11.4 Å². The number of fused-ring (bicyclic) bond motifs is 1. The summed E-state index contributed by atoms with van der Waals surface area (Å²) >= 11 is 0. The Hall–Kier alpha value is -4.80. The summed E-state index contributed by atoms with van der Waals surface area (Å²) in [4.78, 5) is 57.6. The number of nitrogens with zero attached hydrogens (tertiary/aromatic N) is 2. The molecule has 1 aliphatic heterocycles. The number of rotatable bonds is 8. The zero-order valence-electron chi connectivity index (χ0n) is 22.6. The first-order chi connectivity index (χ1) is 19.2. The van der Waals surface area contributed by atoms with Gasteiger partial charge in [-0.25, -0.2) is 14.8 Å². The summed E-state index contributed by atoms with van der Waals surface area (Å²) in [6, 6.07) is 19.0. The van der Waals surface area contributed by atoms with Crippen LogP contribution < -0.4 is 10.2 Å². The lowest BCUT2D eigenvalue weighted by Crippen LogP contribution is -2.31. The first kappa shape index (κ1) is 28.2. The summed E-state index contributed by atoms with van der Waals surface area (Å²) in [6.45, 7) is 2.79. The molecular formula is C30H29N3O7. The molecule has 0 fully saturated rings. The summed E-state index contributed by atoms with van der Waals surface area (Å²) in [5.41, 5.74) is 3.96. The maximum absolute atomic E-state index is 13.8. The Morgan fingerprint density at radius 2 is 1.68 bits per heavy atom. The third-order valence-electron chi connectivity index (χ3n) is 6.37. The molecular weight excluding hydrogens is 514 g/mol. The summed E-state index contributed by atoms with van der Waals surface area (Å²) in [6.07, 6.45) is 0. The number of aliphatic hydroxyl groups excluding tert-OH is 1. The Kier molecular flexibility index (Phi) is 8.42. The van der Waals surface area contributed by atoms with E-state index in [-0.39, 0.29) is 24.4 Å². The minimum absolute atomic E-state index is 0.0106. The van der Waals surface area contributed by atoms with Gasteiger partial charge in [0.25, 0.3) is 11.8 Å². The van der Waals surface area contributed by atoms with E-state index in [9.17, 15) is 19.2 Å². The van der Waals surface area contributed by atoms with Crippen molar-refractivity contribution in [3.05, 3.63) is 94.5 Å². The number of amides is 3. The summed E-state index contributed by atoms with van der Waals surface area (Å²) < 4.78 is 4.88. The minimum atomic E-state index is -0.572. The zero-order chi connectivity index (χ0) is 29.0. The number of hydroxylamine groups is 2. The fourth-order valence-electron chi connectivity index (χ4n) is 4.44. The van der Waals surface area contributed by atoms with Crippen LogP contribution in [0.2, 0.25) is 0 Å². The fraction of sp³-hybridized carbons (Fsp3) is 0.200. The van der Waals surface area contributed by atoms with Gasteiger partial charge in [0.15, 0.2) is 0 Å². The van der Waals surface area contributed by atoms with Gasteiger partial charge in [-0.15, -0.1) is 0 Å². The number of methoxy groups -OCH3 is 1. The zero-order valence-corrected chi connectivity index (χ0v) is 22.6. The van der Waals surface area contributed by atoms with Crippen LogP contribution in [0.25, 0.3) is 11.3 Å². The van der Waals surface area contributed by atoms with Crippen LogP contribution in [0.15, 0.2) is 66.7 Å². The molecule has 0 aromatic heterocycles. The van der Waals surface area contributed by atoms with E-state index in [1.54, 1.807) is 37.3 Å². The fourth-order valence-corrected chi connectivity index (χ4v) is 4.44. The van der Waals surface area contributed by atoms with E-state index in [4.69, 9.17) is 14.7 Å². The summed E-state index contributed by atoms with van der Waals surface area (Å²) in [5, 5.41) is 13.3. The van der Waals surface area contributed by atoms with Crippen LogP contribution in [-0.2, 0) is 19.2 Å². The monoisotopic (exact) mass is 543 g/mol. The van der Waals surface area contributed by atoms with Crippen molar-refractivity contribution in [1.29, 1.82) is 0 Å². The lowest BCUT2D eigenvalue weighted by atomic mass is 9.96. The number of hydrogen-bond donors (Lipinski definition) is 2. The predicted molar refractivity (Wildman–Crippen MR) is 149 cm³/mol. The number of hydrogen-bond acceptors (Lipinski definition) is 8. The summed E-state index contributed by atoms with van der Waals surface area (Å²) in [5.74, 6) is -2.00. The SMILES string of the molecule is COC(=O)c1cc2c(cc1C)C(=C(Nc1ccc(C(=O)N(C)OCCO)cc1)c1ccccc1)C(=O)N2C(C)=O. The molecule has 0 saturated heterocycles. The Labute approximate surface area is 231 Å². The second-order valence-electron chi connectivity index (χ2n) is 9.01. The molecule has 0 radical (unpaired) electrons. The summed E-state index contributed by atoms with van der Waals surface area (Å²) in [7, 11) is 2.73. The Morgan fingerprint density at radius 3 is 2.27 bits per heavy atom. The molecule has 0 spiro atoms. The van der Waals surface area contributed by atoms with E-state index in [2.05, 4.69) is 5.32 Å². The number of esters is 1. The van der Waals surface area contributed by atoms with E-state index < -0.39 is 23.7 Å². The molecule has 3 aromatic rings. The quantitative estimate of drug-likeness (QED) is 0.251. The molecule has 1 heterocycles. The number of carbonyl (C=O) groups excluding carboxylic acids is 4. The standard InChI is InChI=1S/C30H29N3O7/c1-18-16-24-25(17-23(18)30(38)39-4)33(19(2)35)29(37)26(24)27(20-8-6-5-7-9-20)31-22-12-10-21(11-13-22)28(36)32(3)40-15-14-34/h5-13,16-17,31,34H,14-15H2,1-4H3. The van der Waals surface area contributed by atoms with Crippen LogP contribution in [-0.4, -0.2) is 61.2 Å². The maximum Gasteiger partial charge on any atom is 0.338 e. The van der Waals surface area contributed by atoms with Gasteiger partial charge in [0.05, 0.1) is 42.8 Å². The second kappa shape index (κ2) is 11.9. The molecule has 206 valence electrons. The van der Waals surface area contributed by atoms with Crippen LogP contribution >= 0.6 is 0 Å². The first-order valence-electron chi connectivity index (χ1n) is 12.4. The molecule has 0 bridgehead atoms. The highest BCUT2D eigenvalue weighted by Gasteiger charge is 2.38. The van der Waals surface area contributed by atoms with Crippen molar-refractivity contribution >= 4 is 46.3 Å². The van der Waals surface area contributed by atoms with Crippen LogP contribution in [0, 0.1) is 6.92 Å². The topological polar surface area (TPSA) is 125 Å². The highest BCUT2D eigenvalue weighted by molar-refractivity contribution is 6.44. The van der Waals surface area contributed by atoms with E-state index in [1.807, 2.05) is 30.3 Å². The van der Waals surface area contributed by atoms with Crippen molar-refractivity contribution in [1.82, 2.24) is 5.06 Å². The van der Waals surface area contributed by atoms with Gasteiger partial charge in [0, 0.05) is 30.8 Å². The maximum atomic E-state index is 13.8. The van der Waals surface area contributed by atoms with Crippen LogP contribution in [0.1, 0.15) is 44.3 Å². The number of benzene rings is 3. The highest BCUT2D eigenvalue weighted by Crippen LogP contribution is 2.42. The van der Waals surface area contributed by atoms with Crippen molar-refractivity contribution in [2.75, 3.05) is 37.6 Å². The van der Waals surface area contributed by atoms with Crippen molar-refractivity contribution in [2.45, 2.75) is 13.8 Å². The Balaban J connectivity index is 1.83. The van der Waals surface area contributed by atoms with E-state index >= 15 is 0 Å². The molecule has 0 saturated carbocycles. The van der Waals surface area contributed by atoms with E-state index in [0.29, 0.717) is 39.3 Å². The van der Waals surface area contributed by atoms with Crippen molar-refractivity contribution in [3.63, 3.8) is 0 Å². The molecule has 4 rings (SSSR count). The number of carbonyl (C=O) groups is 4. The molecule has 3 amide bonds. The van der Waals surface area contributed by atoms with Crippen LogP contribution in [0.3, 0.4) is 0 Å². The largest absolute Gasteiger partial charge is 0.465 e. The molecule has 10 heteroatoms. The number of ether oxygens (including phenoxy) is 1. The Morgan fingerprint density at radius 1 is 1.00 bits per heavy atom. The van der Waals surface area contributed by atoms with Gasteiger partial charge in [0.1, 0.15) is 0 Å². The molecule has 2 N–H and O–H groups in total. The first-order valence-corrected chi connectivity index (χ1v) is 12.4. The van der Waals surface area contributed by atoms with Crippen molar-refractivity contribution in [2.24, 2.45) is 0 Å². The molecule has 0 atom stereocenters. The Bertz CT molecular complexity index is 1500. The van der Waals surface area contributed by atoms with Gasteiger partial charge >= 0.3 is 5.97 Å². The smallest absolute Gasteiger partial charge is 0.338 e. The third kappa shape index (κ3) is 5.49. The average Bonchev–Trinajstić information content (AvgIpc) is 3.24. The van der Waals surface area contributed by atoms with Gasteiger partial charge in [-0.05, 0) is 54.4 Å². The number of aryl methyl sites for hydroxylation is 1. The number of imide groups is 1. The van der Waals surface area contributed by atoms with Gasteiger partial charge in [-0.1, -0.05) is 30.3 Å². The minimum Gasteiger partial charge on any atom is -0.465 e. The molecule has 0 aliphatic carbocycles.